The predicted octanol–water partition coefficient (Wildman–Crippen LogP) is 4.17. The van der Waals surface area contributed by atoms with E-state index in [2.05, 4.69) is 46.2 Å². The van der Waals surface area contributed by atoms with Gasteiger partial charge in [0, 0.05) is 23.9 Å². The number of rotatable bonds is 6. The molecule has 3 nitrogen and oxygen atoms in total. The number of thiophene rings is 1. The van der Waals surface area contributed by atoms with Gasteiger partial charge in [-0.3, -0.25) is 0 Å². The highest BCUT2D eigenvalue weighted by Gasteiger charge is 2.10. The van der Waals surface area contributed by atoms with Crippen molar-refractivity contribution in [3.05, 3.63) is 39.4 Å². The van der Waals surface area contributed by atoms with E-state index in [4.69, 9.17) is 11.6 Å². The number of hydrogen-bond donors (Lipinski definition) is 0. The summed E-state index contributed by atoms with van der Waals surface area (Å²) in [6, 6.07) is 6.06. The maximum Gasteiger partial charge on any atom is 0.134 e. The van der Waals surface area contributed by atoms with Gasteiger partial charge in [0.1, 0.15) is 16.8 Å². The van der Waals surface area contributed by atoms with Crippen LogP contribution >= 0.6 is 22.9 Å². The lowest BCUT2D eigenvalue weighted by atomic mass is 10.3. The summed E-state index contributed by atoms with van der Waals surface area (Å²) in [5.41, 5.74) is 0. The van der Waals surface area contributed by atoms with Crippen LogP contribution in [-0.2, 0) is 13.0 Å². The quantitative estimate of drug-likeness (QED) is 0.749. The van der Waals surface area contributed by atoms with E-state index in [0.29, 0.717) is 5.15 Å². The monoisotopic (exact) mass is 295 g/mol. The smallest absolute Gasteiger partial charge is 0.134 e. The van der Waals surface area contributed by atoms with Crippen molar-refractivity contribution in [3.63, 3.8) is 0 Å². The fraction of sp³-hybridized carbons (Fsp3) is 0.429. The van der Waals surface area contributed by atoms with Gasteiger partial charge in [0.05, 0.1) is 6.54 Å². The molecule has 0 spiro atoms. The molecule has 0 saturated carbocycles. The maximum absolute atomic E-state index is 6.09. The zero-order chi connectivity index (χ0) is 13.7. The van der Waals surface area contributed by atoms with Crippen molar-refractivity contribution in [2.24, 2.45) is 0 Å². The van der Waals surface area contributed by atoms with Gasteiger partial charge in [-0.2, -0.15) is 0 Å². The molecule has 2 rings (SSSR count). The molecule has 0 unspecified atom stereocenters. The Labute approximate surface area is 123 Å². The van der Waals surface area contributed by atoms with E-state index in [0.717, 1.165) is 37.6 Å². The van der Waals surface area contributed by atoms with Gasteiger partial charge >= 0.3 is 0 Å². The van der Waals surface area contributed by atoms with E-state index < -0.39 is 0 Å². The van der Waals surface area contributed by atoms with Crippen LogP contribution in [0.4, 0.5) is 5.82 Å². The number of aryl methyl sites for hydroxylation is 1. The number of nitrogens with zero attached hydrogens (tertiary/aromatic N) is 3. The van der Waals surface area contributed by atoms with Crippen LogP contribution < -0.4 is 4.90 Å². The van der Waals surface area contributed by atoms with Gasteiger partial charge in [0.2, 0.25) is 0 Å². The van der Waals surface area contributed by atoms with Crippen molar-refractivity contribution in [3.8, 4) is 0 Å². The van der Waals surface area contributed by atoms with Crippen molar-refractivity contribution < 1.29 is 0 Å². The summed E-state index contributed by atoms with van der Waals surface area (Å²) in [6.45, 7) is 6.01. The van der Waals surface area contributed by atoms with Crippen molar-refractivity contribution in [1.82, 2.24) is 9.97 Å². The van der Waals surface area contributed by atoms with E-state index >= 15 is 0 Å². The summed E-state index contributed by atoms with van der Waals surface area (Å²) in [4.78, 5) is 12.4. The predicted molar refractivity (Wildman–Crippen MR) is 82.1 cm³/mol. The Kier molecular flexibility index (Phi) is 5.16. The zero-order valence-electron chi connectivity index (χ0n) is 11.3. The van der Waals surface area contributed by atoms with Gasteiger partial charge in [-0.15, -0.1) is 11.3 Å². The second-order valence-corrected chi connectivity index (χ2v) is 5.73. The molecule has 0 fully saturated rings. The Hall–Kier alpha value is -1.13. The van der Waals surface area contributed by atoms with Crippen LogP contribution in [0.15, 0.2) is 23.6 Å². The number of halogens is 1. The molecule has 0 bridgehead atoms. The minimum Gasteiger partial charge on any atom is -0.352 e. The van der Waals surface area contributed by atoms with Gasteiger partial charge in [0.15, 0.2) is 0 Å². The topological polar surface area (TPSA) is 29.0 Å². The van der Waals surface area contributed by atoms with Crippen LogP contribution in [0.25, 0.3) is 0 Å². The molecular formula is C14H18ClN3S. The summed E-state index contributed by atoms with van der Waals surface area (Å²) in [6.07, 6.45) is 1.89. The second-order valence-electron chi connectivity index (χ2n) is 4.31. The van der Waals surface area contributed by atoms with Crippen LogP contribution in [0.3, 0.4) is 0 Å². The van der Waals surface area contributed by atoms with E-state index in [9.17, 15) is 0 Å². The largest absolute Gasteiger partial charge is 0.352 e. The van der Waals surface area contributed by atoms with Gasteiger partial charge in [-0.05, 0) is 24.8 Å². The van der Waals surface area contributed by atoms with Crippen LogP contribution in [-0.4, -0.2) is 16.5 Å². The van der Waals surface area contributed by atoms with Gasteiger partial charge in [0.25, 0.3) is 0 Å². The fourth-order valence-electron chi connectivity index (χ4n) is 1.89. The molecule has 2 aromatic heterocycles. The number of hydrogen-bond acceptors (Lipinski definition) is 4. The highest BCUT2D eigenvalue weighted by atomic mass is 35.5. The van der Waals surface area contributed by atoms with Crippen molar-refractivity contribution in [1.29, 1.82) is 0 Å². The van der Waals surface area contributed by atoms with Crippen LogP contribution in [0.2, 0.25) is 5.15 Å². The summed E-state index contributed by atoms with van der Waals surface area (Å²) < 4.78 is 0. The molecule has 0 radical (unpaired) electrons. The molecule has 0 N–H and O–H groups in total. The molecule has 0 aliphatic heterocycles. The Morgan fingerprint density at radius 2 is 2.16 bits per heavy atom. The Morgan fingerprint density at radius 1 is 1.32 bits per heavy atom. The molecule has 5 heteroatoms. The molecule has 19 heavy (non-hydrogen) atoms. The lowest BCUT2D eigenvalue weighted by molar-refractivity contribution is 0.785. The minimum atomic E-state index is 0.526. The van der Waals surface area contributed by atoms with Gasteiger partial charge in [-0.1, -0.05) is 24.6 Å². The molecule has 0 aliphatic carbocycles. The molecule has 0 aromatic carbocycles. The number of anilines is 1. The van der Waals surface area contributed by atoms with Crippen molar-refractivity contribution in [2.45, 2.75) is 33.2 Å². The van der Waals surface area contributed by atoms with Gasteiger partial charge < -0.3 is 4.90 Å². The zero-order valence-corrected chi connectivity index (χ0v) is 12.8. The molecule has 0 aliphatic rings. The third kappa shape index (κ3) is 3.91. The number of aromatic nitrogens is 2. The highest BCUT2D eigenvalue weighted by molar-refractivity contribution is 7.09. The average molecular weight is 296 g/mol. The standard InChI is InChI=1S/C14H18ClN3S/c1-3-6-13-16-12(15)9-14(17-13)18(4-2)10-11-7-5-8-19-11/h5,7-9H,3-4,6,10H2,1-2H3. The highest BCUT2D eigenvalue weighted by Crippen LogP contribution is 2.20. The summed E-state index contributed by atoms with van der Waals surface area (Å²) >= 11 is 7.86. The average Bonchev–Trinajstić information content (AvgIpc) is 2.88. The molecule has 0 saturated heterocycles. The fourth-order valence-corrected chi connectivity index (χ4v) is 2.81. The van der Waals surface area contributed by atoms with Crippen LogP contribution in [0, 0.1) is 0 Å². The first-order valence-corrected chi connectivity index (χ1v) is 7.79. The van der Waals surface area contributed by atoms with Crippen LogP contribution in [0.1, 0.15) is 31.0 Å². The maximum atomic E-state index is 6.09. The van der Waals surface area contributed by atoms with Crippen LogP contribution in [0.5, 0.6) is 0 Å². The lowest BCUT2D eigenvalue weighted by Crippen LogP contribution is -2.23. The van der Waals surface area contributed by atoms with E-state index in [1.54, 1.807) is 11.3 Å². The third-order valence-electron chi connectivity index (χ3n) is 2.83. The first kappa shape index (κ1) is 14.3. The molecule has 0 atom stereocenters. The normalized spacial score (nSPS) is 10.7. The summed E-state index contributed by atoms with van der Waals surface area (Å²) in [7, 11) is 0. The molecule has 102 valence electrons. The molecule has 2 heterocycles. The Morgan fingerprint density at radius 3 is 2.79 bits per heavy atom. The second kappa shape index (κ2) is 6.87. The van der Waals surface area contributed by atoms with Crippen molar-refractivity contribution in [2.75, 3.05) is 11.4 Å². The van der Waals surface area contributed by atoms with E-state index in [1.165, 1.54) is 4.88 Å². The third-order valence-corrected chi connectivity index (χ3v) is 3.89. The lowest BCUT2D eigenvalue weighted by Gasteiger charge is -2.21. The first-order chi connectivity index (χ1) is 9.22. The summed E-state index contributed by atoms with van der Waals surface area (Å²) in [5, 5.41) is 2.62. The van der Waals surface area contributed by atoms with E-state index in [1.807, 2.05) is 6.07 Å². The molecule has 0 amide bonds. The van der Waals surface area contributed by atoms with E-state index in [-0.39, 0.29) is 0 Å². The Bertz CT molecular complexity index is 513. The molecular weight excluding hydrogens is 278 g/mol. The Balaban J connectivity index is 2.21. The van der Waals surface area contributed by atoms with Crippen molar-refractivity contribution >= 4 is 28.8 Å². The molecule has 2 aromatic rings. The summed E-state index contributed by atoms with van der Waals surface area (Å²) in [5.74, 6) is 1.74. The SMILES string of the molecule is CCCc1nc(Cl)cc(N(CC)Cc2cccs2)n1. The first-order valence-electron chi connectivity index (χ1n) is 6.53. The minimum absolute atomic E-state index is 0.526. The van der Waals surface area contributed by atoms with Gasteiger partial charge in [-0.25, -0.2) is 9.97 Å².